The van der Waals surface area contributed by atoms with Crippen LogP contribution in [0.3, 0.4) is 0 Å². The van der Waals surface area contributed by atoms with Crippen molar-refractivity contribution in [1.82, 2.24) is 15.2 Å². The van der Waals surface area contributed by atoms with Crippen LogP contribution in [0.5, 0.6) is 5.88 Å². The van der Waals surface area contributed by atoms with Gasteiger partial charge in [-0.25, -0.2) is 4.98 Å². The van der Waals surface area contributed by atoms with Gasteiger partial charge in [-0.1, -0.05) is 26.7 Å². The number of carbonyl (C=O) groups excluding carboxylic acids is 1. The summed E-state index contributed by atoms with van der Waals surface area (Å²) in [7, 11) is 1.53. The average molecular weight is 335 g/mol. The molecule has 1 N–H and O–H groups in total. The molecular weight excluding hydrogens is 306 g/mol. The van der Waals surface area contributed by atoms with Crippen LogP contribution in [0.1, 0.15) is 37.0 Å². The number of amides is 1. The fourth-order valence-corrected chi connectivity index (χ4v) is 3.35. The Morgan fingerprint density at radius 3 is 2.71 bits per heavy atom. The van der Waals surface area contributed by atoms with Gasteiger partial charge < -0.3 is 14.8 Å². The van der Waals surface area contributed by atoms with Gasteiger partial charge in [0, 0.05) is 31.9 Å². The van der Waals surface area contributed by atoms with Crippen LogP contribution in [-0.4, -0.2) is 61.8 Å². The van der Waals surface area contributed by atoms with E-state index in [4.69, 9.17) is 9.47 Å². The summed E-state index contributed by atoms with van der Waals surface area (Å²) in [6.07, 6.45) is 3.82. The normalized spacial score (nSPS) is 16.8. The van der Waals surface area contributed by atoms with Gasteiger partial charge in [-0.15, -0.1) is 0 Å². The third-order valence-corrected chi connectivity index (χ3v) is 4.79. The van der Waals surface area contributed by atoms with Crippen LogP contribution in [0.25, 0.3) is 0 Å². The van der Waals surface area contributed by atoms with E-state index in [9.17, 15) is 4.79 Å². The first-order valence-corrected chi connectivity index (χ1v) is 8.80. The quantitative estimate of drug-likeness (QED) is 0.787. The topological polar surface area (TPSA) is 63.7 Å². The van der Waals surface area contributed by atoms with Gasteiger partial charge in [0.15, 0.2) is 0 Å². The van der Waals surface area contributed by atoms with Gasteiger partial charge in [0.1, 0.15) is 5.56 Å². The summed E-state index contributed by atoms with van der Waals surface area (Å²) < 4.78 is 10.6. The molecule has 0 radical (unpaired) electrons. The molecule has 1 fully saturated rings. The summed E-state index contributed by atoms with van der Waals surface area (Å²) >= 11 is 0. The Morgan fingerprint density at radius 1 is 1.38 bits per heavy atom. The van der Waals surface area contributed by atoms with Crippen molar-refractivity contribution < 1.29 is 14.3 Å². The van der Waals surface area contributed by atoms with E-state index in [0.29, 0.717) is 29.9 Å². The van der Waals surface area contributed by atoms with Crippen LogP contribution in [-0.2, 0) is 4.74 Å². The second-order valence-electron chi connectivity index (χ2n) is 6.06. The lowest BCUT2D eigenvalue weighted by Crippen LogP contribution is -2.52. The lowest BCUT2D eigenvalue weighted by Gasteiger charge is -2.38. The van der Waals surface area contributed by atoms with Crippen molar-refractivity contribution in [3.05, 3.63) is 23.9 Å². The first kappa shape index (κ1) is 18.7. The Morgan fingerprint density at radius 2 is 2.08 bits per heavy atom. The first-order valence-electron chi connectivity index (χ1n) is 8.80. The molecule has 1 aliphatic rings. The molecule has 0 spiro atoms. The minimum atomic E-state index is -0.135. The zero-order valence-electron chi connectivity index (χ0n) is 15.0. The van der Waals surface area contributed by atoms with Crippen LogP contribution in [0.15, 0.2) is 18.3 Å². The molecule has 1 aromatic heterocycles. The number of nitrogens with zero attached hydrogens (tertiary/aromatic N) is 2. The maximum absolute atomic E-state index is 12.5. The molecule has 0 bridgehead atoms. The van der Waals surface area contributed by atoms with Crippen LogP contribution in [0.4, 0.5) is 0 Å². The fraction of sp³-hybridized carbons (Fsp3) is 0.667. The molecule has 0 aromatic carbocycles. The van der Waals surface area contributed by atoms with Crippen molar-refractivity contribution in [2.24, 2.45) is 5.92 Å². The molecule has 2 rings (SSSR count). The van der Waals surface area contributed by atoms with Crippen molar-refractivity contribution >= 4 is 5.91 Å². The predicted molar refractivity (Wildman–Crippen MR) is 93.4 cm³/mol. The molecule has 0 saturated carbocycles. The second kappa shape index (κ2) is 9.59. The smallest absolute Gasteiger partial charge is 0.256 e. The number of rotatable bonds is 8. The Balaban J connectivity index is 2.04. The lowest BCUT2D eigenvalue weighted by atomic mass is 9.92. The van der Waals surface area contributed by atoms with E-state index in [1.807, 2.05) is 0 Å². The number of hydrogen-bond donors (Lipinski definition) is 1. The van der Waals surface area contributed by atoms with Gasteiger partial charge >= 0.3 is 0 Å². The fourth-order valence-electron chi connectivity index (χ4n) is 3.35. The molecule has 6 nitrogen and oxygen atoms in total. The number of carbonyl (C=O) groups is 1. The number of morpholine rings is 1. The highest BCUT2D eigenvalue weighted by molar-refractivity contribution is 5.96. The molecule has 1 aromatic rings. The summed E-state index contributed by atoms with van der Waals surface area (Å²) in [6.45, 7) is 8.44. The maximum Gasteiger partial charge on any atom is 0.256 e. The Hall–Kier alpha value is -1.66. The monoisotopic (exact) mass is 335 g/mol. The van der Waals surface area contributed by atoms with Crippen LogP contribution in [0, 0.1) is 5.92 Å². The molecule has 24 heavy (non-hydrogen) atoms. The van der Waals surface area contributed by atoms with E-state index in [1.165, 1.54) is 7.11 Å². The highest BCUT2D eigenvalue weighted by atomic mass is 16.5. The van der Waals surface area contributed by atoms with Crippen molar-refractivity contribution in [3.8, 4) is 5.88 Å². The third kappa shape index (κ3) is 4.68. The standard InChI is InChI=1S/C18H29N3O3/c1-4-14(5-2)16(21-9-11-24-12-10-21)13-20-17(22)15-7-6-8-19-18(15)23-3/h6-8,14,16H,4-5,9-13H2,1-3H3,(H,20,22)/t16-/m0/s1. The summed E-state index contributed by atoms with van der Waals surface area (Å²) in [5.74, 6) is 0.781. The molecular formula is C18H29N3O3. The second-order valence-corrected chi connectivity index (χ2v) is 6.06. The van der Waals surface area contributed by atoms with E-state index in [2.05, 4.69) is 29.0 Å². The number of nitrogens with one attached hydrogen (secondary N) is 1. The average Bonchev–Trinajstić information content (AvgIpc) is 2.65. The molecule has 1 saturated heterocycles. The first-order chi connectivity index (χ1) is 11.7. The van der Waals surface area contributed by atoms with Gasteiger partial charge in [-0.05, 0) is 18.1 Å². The largest absolute Gasteiger partial charge is 0.480 e. The zero-order valence-corrected chi connectivity index (χ0v) is 15.0. The van der Waals surface area contributed by atoms with Gasteiger partial charge in [0.05, 0.1) is 20.3 Å². The van der Waals surface area contributed by atoms with E-state index in [1.54, 1.807) is 18.3 Å². The molecule has 1 atom stereocenters. The molecule has 1 amide bonds. The van der Waals surface area contributed by atoms with Gasteiger partial charge in [0.2, 0.25) is 5.88 Å². The predicted octanol–water partition coefficient (Wildman–Crippen LogP) is 1.96. The minimum Gasteiger partial charge on any atom is -0.480 e. The summed E-state index contributed by atoms with van der Waals surface area (Å²) in [5.41, 5.74) is 0.477. The van der Waals surface area contributed by atoms with E-state index in [0.717, 1.165) is 39.1 Å². The van der Waals surface area contributed by atoms with E-state index < -0.39 is 0 Å². The maximum atomic E-state index is 12.5. The van der Waals surface area contributed by atoms with Gasteiger partial charge in [-0.3, -0.25) is 9.69 Å². The Bertz CT molecular complexity index is 514. The zero-order chi connectivity index (χ0) is 17.4. The Labute approximate surface area is 144 Å². The third-order valence-electron chi connectivity index (χ3n) is 4.79. The van der Waals surface area contributed by atoms with Crippen LogP contribution >= 0.6 is 0 Å². The SMILES string of the molecule is CCC(CC)[C@H](CNC(=O)c1cccnc1OC)N1CCOCC1. The minimum absolute atomic E-state index is 0.135. The van der Waals surface area contributed by atoms with Gasteiger partial charge in [0.25, 0.3) is 5.91 Å². The van der Waals surface area contributed by atoms with Crippen molar-refractivity contribution in [2.75, 3.05) is 40.0 Å². The molecule has 134 valence electrons. The highest BCUT2D eigenvalue weighted by Gasteiger charge is 2.27. The summed E-state index contributed by atoms with van der Waals surface area (Å²) in [6, 6.07) is 3.82. The van der Waals surface area contributed by atoms with Crippen LogP contribution < -0.4 is 10.1 Å². The molecule has 1 aliphatic heterocycles. The van der Waals surface area contributed by atoms with Crippen molar-refractivity contribution in [1.29, 1.82) is 0 Å². The van der Waals surface area contributed by atoms with Crippen LogP contribution in [0.2, 0.25) is 0 Å². The molecule has 2 heterocycles. The number of aromatic nitrogens is 1. The summed E-state index contributed by atoms with van der Waals surface area (Å²) in [4.78, 5) is 19.1. The van der Waals surface area contributed by atoms with E-state index in [-0.39, 0.29) is 5.91 Å². The highest BCUT2D eigenvalue weighted by Crippen LogP contribution is 2.20. The van der Waals surface area contributed by atoms with E-state index >= 15 is 0 Å². The number of hydrogen-bond acceptors (Lipinski definition) is 5. The molecule has 0 unspecified atom stereocenters. The summed E-state index contributed by atoms with van der Waals surface area (Å²) in [5, 5.41) is 3.08. The lowest BCUT2D eigenvalue weighted by molar-refractivity contribution is 0.00190. The van der Waals surface area contributed by atoms with Gasteiger partial charge in [-0.2, -0.15) is 0 Å². The Kier molecular flexibility index (Phi) is 7.46. The number of pyridine rings is 1. The van der Waals surface area contributed by atoms with Crippen molar-refractivity contribution in [2.45, 2.75) is 32.7 Å². The molecule has 6 heteroatoms. The number of ether oxygens (including phenoxy) is 2. The number of methoxy groups -OCH3 is 1. The van der Waals surface area contributed by atoms with Crippen molar-refractivity contribution in [3.63, 3.8) is 0 Å². The molecule has 0 aliphatic carbocycles.